The second-order valence-electron chi connectivity index (χ2n) is 5.05. The van der Waals surface area contributed by atoms with E-state index in [1.165, 1.54) is 24.2 Å². The first-order valence-electron chi connectivity index (χ1n) is 6.22. The van der Waals surface area contributed by atoms with Crippen LogP contribution in [0.1, 0.15) is 37.7 Å². The lowest BCUT2D eigenvalue weighted by Gasteiger charge is -2.26. The van der Waals surface area contributed by atoms with Crippen molar-refractivity contribution in [2.24, 2.45) is 0 Å². The molecule has 2 aliphatic carbocycles. The number of carboxylic acid groups (broad SMARTS) is 1. The predicted octanol–water partition coefficient (Wildman–Crippen LogP) is 3.45. The van der Waals surface area contributed by atoms with E-state index in [0.717, 1.165) is 18.4 Å². The Hall–Kier alpha value is -0.960. The smallest absolute Gasteiger partial charge is 0.314 e. The molecule has 2 saturated carbocycles. The second-order valence-corrected chi connectivity index (χ2v) is 6.40. The summed E-state index contributed by atoms with van der Waals surface area (Å²) < 4.78 is 0. The summed E-state index contributed by atoms with van der Waals surface area (Å²) in [7, 11) is 0. The van der Waals surface area contributed by atoms with Gasteiger partial charge in [-0.25, -0.2) is 0 Å². The number of rotatable bonds is 4. The molecule has 0 unspecified atom stereocenters. The van der Waals surface area contributed by atoms with Gasteiger partial charge in [-0.2, -0.15) is 0 Å². The van der Waals surface area contributed by atoms with Gasteiger partial charge < -0.3 is 5.11 Å². The van der Waals surface area contributed by atoms with Crippen molar-refractivity contribution < 1.29 is 9.90 Å². The number of hydrogen-bond acceptors (Lipinski definition) is 2. The average Bonchev–Trinajstić information content (AvgIpc) is 3.05. The standard InChI is InChI=1S/C14H16O2S/c15-13(16)14(8-9-14)11-6-1-2-7-12(11)17-10-4-3-5-10/h1-2,6-7,10H,3-5,8-9H2,(H,15,16). The van der Waals surface area contributed by atoms with Crippen molar-refractivity contribution in [2.75, 3.05) is 0 Å². The minimum absolute atomic E-state index is 0.562. The van der Waals surface area contributed by atoms with Crippen molar-refractivity contribution in [3.05, 3.63) is 29.8 Å². The fraction of sp³-hybridized carbons (Fsp3) is 0.500. The molecule has 1 aromatic carbocycles. The maximum atomic E-state index is 11.4. The molecular formula is C14H16O2S. The van der Waals surface area contributed by atoms with Gasteiger partial charge in [0, 0.05) is 10.1 Å². The summed E-state index contributed by atoms with van der Waals surface area (Å²) in [6.07, 6.45) is 5.47. The summed E-state index contributed by atoms with van der Waals surface area (Å²) >= 11 is 1.88. The van der Waals surface area contributed by atoms with E-state index in [0.29, 0.717) is 5.25 Å². The van der Waals surface area contributed by atoms with Crippen molar-refractivity contribution in [1.82, 2.24) is 0 Å². The van der Waals surface area contributed by atoms with Gasteiger partial charge in [0.25, 0.3) is 0 Å². The van der Waals surface area contributed by atoms with Crippen LogP contribution in [0.5, 0.6) is 0 Å². The first-order valence-corrected chi connectivity index (χ1v) is 7.10. The Morgan fingerprint density at radius 2 is 2.00 bits per heavy atom. The van der Waals surface area contributed by atoms with Gasteiger partial charge in [0.1, 0.15) is 0 Å². The molecule has 2 fully saturated rings. The maximum Gasteiger partial charge on any atom is 0.314 e. The first kappa shape index (κ1) is 11.1. The van der Waals surface area contributed by atoms with Gasteiger partial charge in [-0.3, -0.25) is 4.79 Å². The van der Waals surface area contributed by atoms with Crippen LogP contribution in [0.15, 0.2) is 29.2 Å². The lowest BCUT2D eigenvalue weighted by molar-refractivity contribution is -0.140. The average molecular weight is 248 g/mol. The molecule has 3 heteroatoms. The minimum atomic E-state index is -0.654. The highest BCUT2D eigenvalue weighted by molar-refractivity contribution is 8.00. The molecule has 0 aliphatic heterocycles. The SMILES string of the molecule is O=C(O)C1(c2ccccc2SC2CCC2)CC1. The molecule has 0 radical (unpaired) electrons. The van der Waals surface area contributed by atoms with E-state index in [1.54, 1.807) is 0 Å². The summed E-state index contributed by atoms with van der Waals surface area (Å²) in [5.41, 5.74) is 0.484. The number of hydrogen-bond donors (Lipinski definition) is 1. The largest absolute Gasteiger partial charge is 0.481 e. The zero-order chi connectivity index (χ0) is 11.9. The van der Waals surface area contributed by atoms with E-state index in [-0.39, 0.29) is 0 Å². The molecule has 0 heterocycles. The Morgan fingerprint density at radius 3 is 2.53 bits per heavy atom. The summed E-state index contributed by atoms with van der Waals surface area (Å²) in [6, 6.07) is 8.06. The van der Waals surface area contributed by atoms with Gasteiger partial charge in [-0.1, -0.05) is 24.6 Å². The van der Waals surface area contributed by atoms with Crippen molar-refractivity contribution in [2.45, 2.75) is 47.7 Å². The van der Waals surface area contributed by atoms with Crippen molar-refractivity contribution in [3.8, 4) is 0 Å². The molecule has 0 bridgehead atoms. The maximum absolute atomic E-state index is 11.4. The van der Waals surface area contributed by atoms with Crippen LogP contribution in [-0.4, -0.2) is 16.3 Å². The number of aliphatic carboxylic acids is 1. The van der Waals surface area contributed by atoms with Crippen LogP contribution in [0.2, 0.25) is 0 Å². The molecule has 2 nitrogen and oxygen atoms in total. The Balaban J connectivity index is 1.90. The van der Waals surface area contributed by atoms with Gasteiger partial charge in [0.05, 0.1) is 5.41 Å². The van der Waals surface area contributed by atoms with E-state index in [9.17, 15) is 9.90 Å². The van der Waals surface area contributed by atoms with Crippen LogP contribution in [0.3, 0.4) is 0 Å². The highest BCUT2D eigenvalue weighted by atomic mass is 32.2. The van der Waals surface area contributed by atoms with Crippen LogP contribution in [0.25, 0.3) is 0 Å². The van der Waals surface area contributed by atoms with Gasteiger partial charge in [0.2, 0.25) is 0 Å². The van der Waals surface area contributed by atoms with Crippen molar-refractivity contribution in [1.29, 1.82) is 0 Å². The van der Waals surface area contributed by atoms with Crippen LogP contribution in [-0.2, 0) is 10.2 Å². The monoisotopic (exact) mass is 248 g/mol. The minimum Gasteiger partial charge on any atom is -0.481 e. The quantitative estimate of drug-likeness (QED) is 0.886. The Bertz CT molecular complexity index is 447. The third-order valence-electron chi connectivity index (χ3n) is 3.91. The van der Waals surface area contributed by atoms with Crippen LogP contribution < -0.4 is 0 Å². The molecule has 0 atom stereocenters. The van der Waals surface area contributed by atoms with Crippen LogP contribution in [0.4, 0.5) is 0 Å². The Labute approximate surface area is 105 Å². The molecular weight excluding hydrogens is 232 g/mol. The second kappa shape index (κ2) is 4.05. The van der Waals surface area contributed by atoms with Gasteiger partial charge in [-0.15, -0.1) is 11.8 Å². The third kappa shape index (κ3) is 1.86. The lowest BCUT2D eigenvalue weighted by atomic mass is 9.96. The molecule has 90 valence electrons. The van der Waals surface area contributed by atoms with Crippen LogP contribution >= 0.6 is 11.8 Å². The zero-order valence-electron chi connectivity index (χ0n) is 9.69. The normalized spacial score (nSPS) is 21.9. The molecule has 0 spiro atoms. The summed E-state index contributed by atoms with van der Waals surface area (Å²) in [5.74, 6) is -0.654. The fourth-order valence-electron chi connectivity index (χ4n) is 2.36. The summed E-state index contributed by atoms with van der Waals surface area (Å²) in [5, 5.41) is 10.1. The molecule has 1 N–H and O–H groups in total. The zero-order valence-corrected chi connectivity index (χ0v) is 10.5. The van der Waals surface area contributed by atoms with Crippen LogP contribution in [0, 0.1) is 0 Å². The molecule has 17 heavy (non-hydrogen) atoms. The number of thioether (sulfide) groups is 1. The molecule has 0 saturated heterocycles. The molecule has 0 aromatic heterocycles. The summed E-state index contributed by atoms with van der Waals surface area (Å²) in [6.45, 7) is 0. The van der Waals surface area contributed by atoms with Gasteiger partial charge in [-0.05, 0) is 37.3 Å². The Morgan fingerprint density at radius 1 is 1.29 bits per heavy atom. The van der Waals surface area contributed by atoms with Gasteiger partial charge in [0.15, 0.2) is 0 Å². The van der Waals surface area contributed by atoms with E-state index >= 15 is 0 Å². The molecule has 0 amide bonds. The summed E-state index contributed by atoms with van der Waals surface area (Å²) in [4.78, 5) is 12.6. The van der Waals surface area contributed by atoms with Crippen molar-refractivity contribution >= 4 is 17.7 Å². The number of carbonyl (C=O) groups is 1. The Kier molecular flexibility index (Phi) is 2.66. The predicted molar refractivity (Wildman–Crippen MR) is 68.5 cm³/mol. The van der Waals surface area contributed by atoms with Gasteiger partial charge >= 0.3 is 5.97 Å². The molecule has 2 aliphatic rings. The third-order valence-corrected chi connectivity index (χ3v) is 5.32. The van der Waals surface area contributed by atoms with Crippen molar-refractivity contribution in [3.63, 3.8) is 0 Å². The lowest BCUT2D eigenvalue weighted by Crippen LogP contribution is -2.21. The molecule has 3 rings (SSSR count). The topological polar surface area (TPSA) is 37.3 Å². The highest BCUT2D eigenvalue weighted by Crippen LogP contribution is 2.52. The fourth-order valence-corrected chi connectivity index (χ4v) is 3.83. The first-order chi connectivity index (χ1) is 8.22. The van der Waals surface area contributed by atoms with E-state index < -0.39 is 11.4 Å². The number of carboxylic acids is 1. The van der Waals surface area contributed by atoms with E-state index in [2.05, 4.69) is 6.07 Å². The van der Waals surface area contributed by atoms with E-state index in [4.69, 9.17) is 0 Å². The van der Waals surface area contributed by atoms with E-state index in [1.807, 2.05) is 30.0 Å². The number of benzene rings is 1. The highest BCUT2D eigenvalue weighted by Gasteiger charge is 2.52. The molecule has 1 aromatic rings.